The van der Waals surface area contributed by atoms with Gasteiger partial charge in [0.05, 0.1) is 42.4 Å². The third-order valence-corrected chi connectivity index (χ3v) is 6.87. The number of amides is 3. The van der Waals surface area contributed by atoms with E-state index in [9.17, 15) is 19.2 Å². The molecule has 0 aromatic heterocycles. The van der Waals surface area contributed by atoms with Gasteiger partial charge in [-0.2, -0.15) is 0 Å². The summed E-state index contributed by atoms with van der Waals surface area (Å²) in [5.74, 6) is -0.735. The number of thioether (sulfide) groups is 1. The number of morpholine rings is 1. The van der Waals surface area contributed by atoms with Crippen molar-refractivity contribution in [2.24, 2.45) is 0 Å². The zero-order valence-electron chi connectivity index (χ0n) is 20.7. The molecule has 12 heteroatoms. The van der Waals surface area contributed by atoms with Crippen LogP contribution in [0.5, 0.6) is 17.2 Å². The summed E-state index contributed by atoms with van der Waals surface area (Å²) in [6.45, 7) is 3.34. The first kappa shape index (κ1) is 27.5. The van der Waals surface area contributed by atoms with Gasteiger partial charge in [0.2, 0.25) is 5.91 Å². The molecule has 0 saturated carbocycles. The van der Waals surface area contributed by atoms with Gasteiger partial charge >= 0.3 is 5.97 Å². The molecule has 2 saturated heterocycles. The van der Waals surface area contributed by atoms with E-state index in [2.05, 4.69) is 0 Å². The Morgan fingerprint density at radius 2 is 1.84 bits per heavy atom. The molecule has 0 aliphatic carbocycles. The molecule has 2 aliphatic rings. The molecule has 0 bridgehead atoms. The lowest BCUT2D eigenvalue weighted by molar-refractivity contribution is -0.139. The third-order valence-electron chi connectivity index (χ3n) is 5.68. The maximum Gasteiger partial charge on any atom is 0.343 e. The molecule has 10 nitrogen and oxygen atoms in total. The molecule has 2 fully saturated rings. The van der Waals surface area contributed by atoms with Crippen molar-refractivity contribution in [2.75, 3.05) is 46.6 Å². The highest BCUT2D eigenvalue weighted by atomic mass is 35.5. The molecule has 38 heavy (non-hydrogen) atoms. The average Bonchev–Trinajstić information content (AvgIpc) is 3.18. The highest BCUT2D eigenvalue weighted by molar-refractivity contribution is 8.18. The van der Waals surface area contributed by atoms with E-state index in [1.165, 1.54) is 19.3 Å². The molecule has 0 radical (unpaired) electrons. The summed E-state index contributed by atoms with van der Waals surface area (Å²) in [7, 11) is 1.52. The van der Waals surface area contributed by atoms with Gasteiger partial charge in [-0.1, -0.05) is 11.6 Å². The van der Waals surface area contributed by atoms with Crippen LogP contribution in [0, 0.1) is 0 Å². The second kappa shape index (κ2) is 12.3. The van der Waals surface area contributed by atoms with Crippen LogP contribution in [0.3, 0.4) is 0 Å². The third kappa shape index (κ3) is 6.29. The lowest BCUT2D eigenvalue weighted by Gasteiger charge is -2.28. The van der Waals surface area contributed by atoms with E-state index in [1.807, 2.05) is 0 Å². The van der Waals surface area contributed by atoms with Crippen molar-refractivity contribution in [3.63, 3.8) is 0 Å². The quantitative estimate of drug-likeness (QED) is 0.270. The summed E-state index contributed by atoms with van der Waals surface area (Å²) in [5.41, 5.74) is 0.737. The lowest BCUT2D eigenvalue weighted by atomic mass is 10.1. The Bertz CT molecular complexity index is 1270. The number of methoxy groups -OCH3 is 1. The molecule has 2 aliphatic heterocycles. The molecule has 0 atom stereocenters. The molecule has 3 amide bonds. The minimum atomic E-state index is -0.644. The SMILES string of the molecule is CCOc1cc(/C=C2\SC(=O)N(CC(=O)N3CCOCC3)C2=O)cc(Cl)c1OC(=O)c1ccc(OC)cc1. The van der Waals surface area contributed by atoms with Crippen LogP contribution in [0.4, 0.5) is 4.79 Å². The molecule has 0 spiro atoms. The first-order chi connectivity index (χ1) is 18.3. The molecule has 2 heterocycles. The van der Waals surface area contributed by atoms with Gasteiger partial charge in [0.1, 0.15) is 12.3 Å². The molecule has 4 rings (SSSR count). The molecular weight excluding hydrogens is 536 g/mol. The fourth-order valence-electron chi connectivity index (χ4n) is 3.75. The predicted molar refractivity (Wildman–Crippen MR) is 141 cm³/mol. The van der Waals surface area contributed by atoms with Crippen LogP contribution in [0.25, 0.3) is 6.08 Å². The molecule has 2 aromatic rings. The lowest BCUT2D eigenvalue weighted by Crippen LogP contribution is -2.46. The molecule has 0 N–H and O–H groups in total. The number of carbonyl (C=O) groups is 4. The molecule has 0 unspecified atom stereocenters. The van der Waals surface area contributed by atoms with Crippen LogP contribution < -0.4 is 14.2 Å². The fourth-order valence-corrected chi connectivity index (χ4v) is 4.84. The van der Waals surface area contributed by atoms with E-state index >= 15 is 0 Å². The first-order valence-corrected chi connectivity index (χ1v) is 12.9. The van der Waals surface area contributed by atoms with Crippen molar-refractivity contribution >= 4 is 52.5 Å². The Labute approximate surface area is 228 Å². The first-order valence-electron chi connectivity index (χ1n) is 11.7. The number of ether oxygens (including phenoxy) is 4. The largest absolute Gasteiger partial charge is 0.497 e. The van der Waals surface area contributed by atoms with Crippen molar-refractivity contribution in [3.8, 4) is 17.2 Å². The number of halogens is 1. The van der Waals surface area contributed by atoms with Crippen molar-refractivity contribution in [3.05, 3.63) is 57.5 Å². The Morgan fingerprint density at radius 1 is 1.13 bits per heavy atom. The topological polar surface area (TPSA) is 112 Å². The van der Waals surface area contributed by atoms with E-state index in [0.717, 1.165) is 16.7 Å². The average molecular weight is 561 g/mol. The van der Waals surface area contributed by atoms with Gasteiger partial charge in [-0.3, -0.25) is 19.3 Å². The minimum Gasteiger partial charge on any atom is -0.497 e. The summed E-state index contributed by atoms with van der Waals surface area (Å²) >= 11 is 7.18. The zero-order valence-corrected chi connectivity index (χ0v) is 22.3. The minimum absolute atomic E-state index is 0.0238. The monoisotopic (exact) mass is 560 g/mol. The maximum absolute atomic E-state index is 12.9. The summed E-state index contributed by atoms with van der Waals surface area (Å²) in [4.78, 5) is 53.3. The van der Waals surface area contributed by atoms with Crippen molar-refractivity contribution in [1.82, 2.24) is 9.80 Å². The van der Waals surface area contributed by atoms with Crippen LogP contribution in [0.1, 0.15) is 22.8 Å². The second-order valence-electron chi connectivity index (χ2n) is 8.14. The Kier molecular flexibility index (Phi) is 8.93. The number of hydrogen-bond acceptors (Lipinski definition) is 9. The Hall–Kier alpha value is -3.54. The Balaban J connectivity index is 1.52. The molecular formula is C26H25ClN2O8S. The van der Waals surface area contributed by atoms with Gasteiger partial charge in [0, 0.05) is 13.1 Å². The number of nitrogens with zero attached hydrogens (tertiary/aromatic N) is 2. The second-order valence-corrected chi connectivity index (χ2v) is 9.54. The fraction of sp³-hybridized carbons (Fsp3) is 0.308. The maximum atomic E-state index is 12.9. The van der Waals surface area contributed by atoms with Crippen LogP contribution in [-0.2, 0) is 14.3 Å². The van der Waals surface area contributed by atoms with Crippen LogP contribution >= 0.6 is 23.4 Å². The number of rotatable bonds is 8. The van der Waals surface area contributed by atoms with Gasteiger partial charge in [0.25, 0.3) is 11.1 Å². The normalized spacial score (nSPS) is 16.7. The number of imide groups is 1. The highest BCUT2D eigenvalue weighted by Crippen LogP contribution is 2.39. The Morgan fingerprint density at radius 3 is 2.50 bits per heavy atom. The smallest absolute Gasteiger partial charge is 0.343 e. The van der Waals surface area contributed by atoms with E-state index in [0.29, 0.717) is 37.6 Å². The standard InChI is InChI=1S/C26H25ClN2O8S/c1-3-36-20-13-16(12-19(27)23(20)37-25(32)17-4-6-18(34-2)7-5-17)14-21-24(31)29(26(33)38-21)15-22(30)28-8-10-35-11-9-28/h4-7,12-14H,3,8-11,15H2,1-2H3/b21-14-. The number of hydrogen-bond donors (Lipinski definition) is 0. The van der Waals surface area contributed by atoms with Gasteiger partial charge in [0.15, 0.2) is 11.5 Å². The van der Waals surface area contributed by atoms with E-state index in [4.69, 9.17) is 30.5 Å². The number of carbonyl (C=O) groups excluding carboxylic acids is 4. The number of benzene rings is 2. The van der Waals surface area contributed by atoms with Gasteiger partial charge in [-0.25, -0.2) is 4.79 Å². The highest BCUT2D eigenvalue weighted by Gasteiger charge is 2.37. The van der Waals surface area contributed by atoms with Gasteiger partial charge < -0.3 is 23.8 Å². The van der Waals surface area contributed by atoms with Crippen molar-refractivity contribution < 1.29 is 38.1 Å². The van der Waals surface area contributed by atoms with Crippen LogP contribution in [0.15, 0.2) is 41.3 Å². The summed E-state index contributed by atoms with van der Waals surface area (Å²) in [6.07, 6.45) is 1.48. The van der Waals surface area contributed by atoms with Crippen molar-refractivity contribution in [1.29, 1.82) is 0 Å². The van der Waals surface area contributed by atoms with E-state index in [-0.39, 0.29) is 46.0 Å². The summed E-state index contributed by atoms with van der Waals surface area (Å²) in [6, 6.07) is 9.43. The van der Waals surface area contributed by atoms with E-state index in [1.54, 1.807) is 42.2 Å². The molecule has 200 valence electrons. The van der Waals surface area contributed by atoms with Gasteiger partial charge in [-0.15, -0.1) is 0 Å². The number of esters is 1. The predicted octanol–water partition coefficient (Wildman–Crippen LogP) is 3.86. The summed E-state index contributed by atoms with van der Waals surface area (Å²) in [5, 5.41) is -0.463. The van der Waals surface area contributed by atoms with Crippen LogP contribution in [0.2, 0.25) is 5.02 Å². The van der Waals surface area contributed by atoms with Gasteiger partial charge in [-0.05, 0) is 66.7 Å². The zero-order chi connectivity index (χ0) is 27.2. The van der Waals surface area contributed by atoms with E-state index < -0.39 is 17.1 Å². The summed E-state index contributed by atoms with van der Waals surface area (Å²) < 4.78 is 21.5. The molecule has 2 aromatic carbocycles. The van der Waals surface area contributed by atoms with Crippen LogP contribution in [-0.4, -0.2) is 79.4 Å². The van der Waals surface area contributed by atoms with Crippen molar-refractivity contribution in [2.45, 2.75) is 6.92 Å².